The largest absolute Gasteiger partial charge is 0.508 e. The lowest BCUT2D eigenvalue weighted by Gasteiger charge is -2.53. The molecule has 3 atom stereocenters. The van der Waals surface area contributed by atoms with Crippen LogP contribution in [0.15, 0.2) is 18.2 Å². The highest BCUT2D eigenvalue weighted by Crippen LogP contribution is 2.44. The summed E-state index contributed by atoms with van der Waals surface area (Å²) in [5, 5.41) is 9.81. The van der Waals surface area contributed by atoms with Crippen LogP contribution in [0.3, 0.4) is 0 Å². The fourth-order valence-electron chi connectivity index (χ4n) is 5.13. The average molecular weight is 342 g/mol. The smallest absolute Gasteiger partial charge is 0.228 e. The van der Waals surface area contributed by atoms with Gasteiger partial charge in [-0.15, -0.1) is 0 Å². The molecule has 3 aliphatic rings. The fraction of sp³-hybridized carbons (Fsp3) is 0.667. The summed E-state index contributed by atoms with van der Waals surface area (Å²) in [5.41, 5.74) is 2.33. The first-order chi connectivity index (χ1) is 11.8. The van der Waals surface area contributed by atoms with Crippen molar-refractivity contribution in [1.82, 2.24) is 9.80 Å². The number of piperidine rings is 2. The van der Waals surface area contributed by atoms with E-state index in [0.29, 0.717) is 29.7 Å². The molecule has 3 unspecified atom stereocenters. The number of phenols is 1. The topological polar surface area (TPSA) is 43.8 Å². The Kier molecular flexibility index (Phi) is 4.06. The number of nitrogens with zero attached hydrogens (tertiary/aromatic N) is 2. The Morgan fingerprint density at radius 1 is 1.24 bits per heavy atom. The van der Waals surface area contributed by atoms with E-state index in [9.17, 15) is 9.90 Å². The average Bonchev–Trinajstić information content (AvgIpc) is 2.57. The zero-order chi connectivity index (χ0) is 17.8. The second-order valence-corrected chi connectivity index (χ2v) is 9.10. The van der Waals surface area contributed by atoms with Crippen LogP contribution < -0.4 is 0 Å². The third-order valence-electron chi connectivity index (χ3n) is 6.35. The first-order valence-corrected chi connectivity index (χ1v) is 9.71. The molecule has 2 fully saturated rings. The molecule has 2 saturated heterocycles. The number of phenolic OH excluding ortho intramolecular Hbond substituents is 1. The summed E-state index contributed by atoms with van der Waals surface area (Å²) >= 11 is 0. The van der Waals surface area contributed by atoms with E-state index in [0.717, 1.165) is 38.9 Å². The van der Waals surface area contributed by atoms with Gasteiger partial charge in [-0.25, -0.2) is 0 Å². The van der Waals surface area contributed by atoms with Crippen molar-refractivity contribution >= 4 is 5.91 Å². The molecule has 1 aromatic carbocycles. The number of aromatic hydroxyl groups is 1. The molecule has 0 saturated carbocycles. The van der Waals surface area contributed by atoms with Gasteiger partial charge in [0.05, 0.1) is 0 Å². The van der Waals surface area contributed by atoms with Crippen LogP contribution >= 0.6 is 0 Å². The first-order valence-electron chi connectivity index (χ1n) is 9.71. The van der Waals surface area contributed by atoms with Crippen molar-refractivity contribution in [2.45, 2.75) is 58.5 Å². The fourth-order valence-corrected chi connectivity index (χ4v) is 5.13. The van der Waals surface area contributed by atoms with Gasteiger partial charge in [-0.1, -0.05) is 26.8 Å². The molecule has 1 aromatic rings. The van der Waals surface area contributed by atoms with E-state index in [1.807, 2.05) is 32.9 Å². The molecule has 3 heterocycles. The Morgan fingerprint density at radius 2 is 2.04 bits per heavy atom. The van der Waals surface area contributed by atoms with Gasteiger partial charge in [0.1, 0.15) is 5.75 Å². The third-order valence-corrected chi connectivity index (χ3v) is 6.35. The molecular formula is C21H30N2O2. The van der Waals surface area contributed by atoms with E-state index in [1.54, 1.807) is 0 Å². The summed E-state index contributed by atoms with van der Waals surface area (Å²) in [4.78, 5) is 17.8. The van der Waals surface area contributed by atoms with Gasteiger partial charge in [-0.05, 0) is 54.9 Å². The molecule has 0 aromatic heterocycles. The standard InChI is InChI=1S/C21H30N2O2/c1-21(2,3)20(25)23-9-4-5-15-13-22-10-8-14-11-16(24)6-7-17(14)19(22)12-18(15)23/h6-7,11,15,18-19,24H,4-5,8-10,12-13H2,1-3H3. The van der Waals surface area contributed by atoms with Crippen molar-refractivity contribution in [3.63, 3.8) is 0 Å². The second kappa shape index (κ2) is 6.01. The number of amides is 1. The van der Waals surface area contributed by atoms with E-state index in [2.05, 4.69) is 15.9 Å². The lowest BCUT2D eigenvalue weighted by Crippen LogP contribution is -2.59. The van der Waals surface area contributed by atoms with Crippen LogP contribution in [0.25, 0.3) is 0 Å². The summed E-state index contributed by atoms with van der Waals surface area (Å²) < 4.78 is 0. The van der Waals surface area contributed by atoms with Gasteiger partial charge in [0.15, 0.2) is 0 Å². The summed E-state index contributed by atoms with van der Waals surface area (Å²) in [5.74, 6) is 1.27. The number of hydrogen-bond donors (Lipinski definition) is 1. The van der Waals surface area contributed by atoms with Gasteiger partial charge < -0.3 is 10.0 Å². The van der Waals surface area contributed by atoms with Gasteiger partial charge in [-0.3, -0.25) is 9.69 Å². The highest BCUT2D eigenvalue weighted by molar-refractivity contribution is 5.82. The lowest BCUT2D eigenvalue weighted by molar-refractivity contribution is -0.148. The van der Waals surface area contributed by atoms with Gasteiger partial charge in [0.2, 0.25) is 5.91 Å². The SMILES string of the molecule is CC(C)(C)C(=O)N1CCCC2CN3CCc4cc(O)ccc4C3CC21. The number of carbonyl (C=O) groups excluding carboxylic acids is 1. The van der Waals surface area contributed by atoms with E-state index in [-0.39, 0.29) is 5.41 Å². The van der Waals surface area contributed by atoms with Crippen LogP contribution in [0.4, 0.5) is 0 Å². The normalized spacial score (nSPS) is 29.6. The third kappa shape index (κ3) is 2.95. The van der Waals surface area contributed by atoms with Crippen molar-refractivity contribution in [3.8, 4) is 5.75 Å². The van der Waals surface area contributed by atoms with Crippen molar-refractivity contribution < 1.29 is 9.90 Å². The molecule has 3 aliphatic heterocycles. The minimum Gasteiger partial charge on any atom is -0.508 e. The zero-order valence-electron chi connectivity index (χ0n) is 15.7. The molecule has 4 nitrogen and oxygen atoms in total. The number of carbonyl (C=O) groups is 1. The highest BCUT2D eigenvalue weighted by atomic mass is 16.3. The molecule has 1 N–H and O–H groups in total. The van der Waals surface area contributed by atoms with Crippen LogP contribution in [0.5, 0.6) is 5.75 Å². The van der Waals surface area contributed by atoms with Gasteiger partial charge in [-0.2, -0.15) is 0 Å². The molecule has 4 rings (SSSR count). The van der Waals surface area contributed by atoms with Crippen molar-refractivity contribution in [1.29, 1.82) is 0 Å². The van der Waals surface area contributed by atoms with Crippen LogP contribution in [0, 0.1) is 11.3 Å². The Hall–Kier alpha value is -1.55. The molecule has 136 valence electrons. The van der Waals surface area contributed by atoms with E-state index >= 15 is 0 Å². The molecule has 1 amide bonds. The molecule has 4 heteroatoms. The minimum absolute atomic E-state index is 0.303. The van der Waals surface area contributed by atoms with Crippen molar-refractivity contribution in [2.24, 2.45) is 11.3 Å². The molecule has 0 bridgehead atoms. The monoisotopic (exact) mass is 342 g/mol. The molecule has 0 aliphatic carbocycles. The van der Waals surface area contributed by atoms with Crippen LogP contribution in [-0.4, -0.2) is 46.5 Å². The molecular weight excluding hydrogens is 312 g/mol. The second-order valence-electron chi connectivity index (χ2n) is 9.10. The molecule has 0 radical (unpaired) electrons. The summed E-state index contributed by atoms with van der Waals surface area (Å²) in [6.07, 6.45) is 4.42. The number of hydrogen-bond acceptors (Lipinski definition) is 3. The highest BCUT2D eigenvalue weighted by Gasteiger charge is 2.45. The maximum atomic E-state index is 13.0. The van der Waals surface area contributed by atoms with Crippen LogP contribution in [-0.2, 0) is 11.2 Å². The number of benzene rings is 1. The molecule has 25 heavy (non-hydrogen) atoms. The summed E-state index contributed by atoms with van der Waals surface area (Å²) in [6, 6.07) is 6.59. The minimum atomic E-state index is -0.310. The lowest BCUT2D eigenvalue weighted by atomic mass is 9.76. The summed E-state index contributed by atoms with van der Waals surface area (Å²) in [7, 11) is 0. The Bertz CT molecular complexity index is 679. The number of rotatable bonds is 0. The van der Waals surface area contributed by atoms with E-state index in [1.165, 1.54) is 17.5 Å². The zero-order valence-corrected chi connectivity index (χ0v) is 15.7. The van der Waals surface area contributed by atoms with Crippen molar-refractivity contribution in [2.75, 3.05) is 19.6 Å². The van der Waals surface area contributed by atoms with Crippen LogP contribution in [0.2, 0.25) is 0 Å². The predicted octanol–water partition coefficient (Wildman–Crippen LogP) is 3.35. The van der Waals surface area contributed by atoms with E-state index < -0.39 is 0 Å². The number of fused-ring (bicyclic) bond motifs is 4. The Labute approximate surface area is 150 Å². The first kappa shape index (κ1) is 16.9. The van der Waals surface area contributed by atoms with Crippen molar-refractivity contribution in [3.05, 3.63) is 29.3 Å². The maximum absolute atomic E-state index is 13.0. The van der Waals surface area contributed by atoms with Gasteiger partial charge >= 0.3 is 0 Å². The Morgan fingerprint density at radius 3 is 2.80 bits per heavy atom. The summed E-state index contributed by atoms with van der Waals surface area (Å²) in [6.45, 7) is 9.18. The molecule has 0 spiro atoms. The van der Waals surface area contributed by atoms with Crippen LogP contribution in [0.1, 0.15) is 57.2 Å². The predicted molar refractivity (Wildman–Crippen MR) is 98.4 cm³/mol. The van der Waals surface area contributed by atoms with E-state index in [4.69, 9.17) is 0 Å². The van der Waals surface area contributed by atoms with Gasteiger partial charge in [0, 0.05) is 37.1 Å². The maximum Gasteiger partial charge on any atom is 0.228 e. The van der Waals surface area contributed by atoms with Gasteiger partial charge in [0.25, 0.3) is 0 Å². The Balaban J connectivity index is 1.63. The number of likely N-dealkylation sites (tertiary alicyclic amines) is 1. The quantitative estimate of drug-likeness (QED) is 0.786.